The highest BCUT2D eigenvalue weighted by molar-refractivity contribution is 5.15. The quantitative estimate of drug-likeness (QED) is 0.870. The van der Waals surface area contributed by atoms with Gasteiger partial charge in [-0.1, -0.05) is 13.8 Å². The first-order valence-electron chi connectivity index (χ1n) is 7.43. The molecule has 1 saturated carbocycles. The first-order valence-corrected chi connectivity index (χ1v) is 7.43. The van der Waals surface area contributed by atoms with Gasteiger partial charge in [0.05, 0.1) is 12.6 Å². The van der Waals surface area contributed by atoms with Crippen molar-refractivity contribution in [3.8, 4) is 0 Å². The van der Waals surface area contributed by atoms with Gasteiger partial charge in [-0.05, 0) is 39.4 Å². The van der Waals surface area contributed by atoms with E-state index in [2.05, 4.69) is 25.8 Å². The number of ether oxygens (including phenoxy) is 1. The molecular weight excluding hydrogens is 252 g/mol. The summed E-state index contributed by atoms with van der Waals surface area (Å²) in [6.45, 7) is 10.8. The predicted molar refractivity (Wildman–Crippen MR) is 80.5 cm³/mol. The maximum absolute atomic E-state index is 6.61. The second-order valence-electron chi connectivity index (χ2n) is 6.71. The monoisotopic (exact) mass is 280 g/mol. The Bertz CT molecular complexity index is 455. The van der Waals surface area contributed by atoms with Crippen molar-refractivity contribution < 1.29 is 9.15 Å². The maximum atomic E-state index is 6.61. The Labute approximate surface area is 122 Å². The van der Waals surface area contributed by atoms with Gasteiger partial charge in [0.2, 0.25) is 0 Å². The molecule has 2 rings (SSSR count). The van der Waals surface area contributed by atoms with Gasteiger partial charge in [0.15, 0.2) is 0 Å². The van der Waals surface area contributed by atoms with Crippen LogP contribution in [0.2, 0.25) is 0 Å². The molecule has 1 heterocycles. The number of rotatable bonds is 6. The van der Waals surface area contributed by atoms with Crippen molar-refractivity contribution in [2.75, 3.05) is 20.2 Å². The fraction of sp³-hybridized carbons (Fsp3) is 0.750. The molecule has 2 N–H and O–H groups in total. The van der Waals surface area contributed by atoms with Crippen LogP contribution in [0, 0.1) is 12.3 Å². The standard InChI is InChI=1S/C16H28N2O2/c1-6-19-14-9-16(17,15(14,3)4)11-18(5)10-13-8-7-12(2)20-13/h7-8,14H,6,9-11,17H2,1-5H3. The van der Waals surface area contributed by atoms with Crippen molar-refractivity contribution in [2.24, 2.45) is 11.1 Å². The van der Waals surface area contributed by atoms with Gasteiger partial charge in [0.25, 0.3) is 0 Å². The highest BCUT2D eigenvalue weighted by Gasteiger charge is 2.58. The van der Waals surface area contributed by atoms with E-state index in [1.165, 1.54) is 0 Å². The summed E-state index contributed by atoms with van der Waals surface area (Å²) in [5.41, 5.74) is 6.43. The molecule has 114 valence electrons. The molecular formula is C16H28N2O2. The largest absolute Gasteiger partial charge is 0.465 e. The molecule has 2 atom stereocenters. The van der Waals surface area contributed by atoms with Crippen LogP contribution in [-0.2, 0) is 11.3 Å². The first kappa shape index (κ1) is 15.5. The summed E-state index contributed by atoms with van der Waals surface area (Å²) in [5.74, 6) is 1.95. The lowest BCUT2D eigenvalue weighted by Gasteiger charge is -2.60. The molecule has 1 aromatic heterocycles. The lowest BCUT2D eigenvalue weighted by atomic mass is 9.54. The van der Waals surface area contributed by atoms with Crippen LogP contribution in [0.25, 0.3) is 0 Å². The molecule has 20 heavy (non-hydrogen) atoms. The minimum absolute atomic E-state index is 0.0103. The molecule has 0 spiro atoms. The molecule has 2 unspecified atom stereocenters. The lowest BCUT2D eigenvalue weighted by molar-refractivity contribution is -0.155. The van der Waals surface area contributed by atoms with Gasteiger partial charge in [-0.25, -0.2) is 0 Å². The molecule has 1 aliphatic carbocycles. The van der Waals surface area contributed by atoms with Crippen molar-refractivity contribution in [3.05, 3.63) is 23.7 Å². The van der Waals surface area contributed by atoms with Crippen molar-refractivity contribution in [3.63, 3.8) is 0 Å². The van der Waals surface area contributed by atoms with Crippen LogP contribution in [0.3, 0.4) is 0 Å². The molecule has 0 aliphatic heterocycles. The Balaban J connectivity index is 1.92. The van der Waals surface area contributed by atoms with E-state index in [0.29, 0.717) is 0 Å². The van der Waals surface area contributed by atoms with Gasteiger partial charge in [-0.3, -0.25) is 4.90 Å². The first-order chi connectivity index (χ1) is 9.28. The average molecular weight is 280 g/mol. The predicted octanol–water partition coefficient (Wildman–Crippen LogP) is 2.55. The van der Waals surface area contributed by atoms with Gasteiger partial charge in [-0.2, -0.15) is 0 Å². The molecule has 0 radical (unpaired) electrons. The van der Waals surface area contributed by atoms with Crippen LogP contribution < -0.4 is 5.73 Å². The van der Waals surface area contributed by atoms with Gasteiger partial charge >= 0.3 is 0 Å². The van der Waals surface area contributed by atoms with Crippen LogP contribution >= 0.6 is 0 Å². The van der Waals surface area contributed by atoms with Crippen LogP contribution in [-0.4, -0.2) is 36.7 Å². The lowest BCUT2D eigenvalue weighted by Crippen LogP contribution is -2.73. The highest BCUT2D eigenvalue weighted by Crippen LogP contribution is 2.50. The van der Waals surface area contributed by atoms with Crippen molar-refractivity contribution >= 4 is 0 Å². The van der Waals surface area contributed by atoms with Crippen molar-refractivity contribution in [1.29, 1.82) is 0 Å². The Morgan fingerprint density at radius 1 is 1.45 bits per heavy atom. The van der Waals surface area contributed by atoms with E-state index in [-0.39, 0.29) is 17.1 Å². The van der Waals surface area contributed by atoms with Crippen LogP contribution in [0.1, 0.15) is 38.7 Å². The summed E-state index contributed by atoms with van der Waals surface area (Å²) in [4.78, 5) is 2.24. The molecule has 1 aliphatic rings. The van der Waals surface area contributed by atoms with Gasteiger partial charge in [-0.15, -0.1) is 0 Å². The number of furan rings is 1. The third-order valence-corrected chi connectivity index (χ3v) is 4.78. The number of nitrogens with zero attached hydrogens (tertiary/aromatic N) is 1. The smallest absolute Gasteiger partial charge is 0.118 e. The Morgan fingerprint density at radius 2 is 2.15 bits per heavy atom. The van der Waals surface area contributed by atoms with Crippen LogP contribution in [0.15, 0.2) is 16.5 Å². The molecule has 1 fully saturated rings. The molecule has 4 heteroatoms. The van der Waals surface area contributed by atoms with Gasteiger partial charge in [0, 0.05) is 24.1 Å². The average Bonchev–Trinajstić information content (AvgIpc) is 2.74. The Hall–Kier alpha value is -0.840. The normalized spacial score (nSPS) is 28.6. The zero-order valence-electron chi connectivity index (χ0n) is 13.4. The third-order valence-electron chi connectivity index (χ3n) is 4.78. The Kier molecular flexibility index (Phi) is 4.28. The van der Waals surface area contributed by atoms with E-state index < -0.39 is 0 Å². The fourth-order valence-corrected chi connectivity index (χ4v) is 3.15. The third kappa shape index (κ3) is 2.78. The molecule has 0 aromatic carbocycles. The Morgan fingerprint density at radius 3 is 2.65 bits per heavy atom. The van der Waals surface area contributed by atoms with Gasteiger partial charge < -0.3 is 14.9 Å². The zero-order chi connectivity index (χ0) is 15.0. The number of nitrogens with two attached hydrogens (primary N) is 1. The van der Waals surface area contributed by atoms with E-state index in [4.69, 9.17) is 14.9 Å². The summed E-state index contributed by atoms with van der Waals surface area (Å²) in [6, 6.07) is 4.03. The van der Waals surface area contributed by atoms with E-state index in [1.54, 1.807) is 0 Å². The molecule has 0 saturated heterocycles. The van der Waals surface area contributed by atoms with Crippen molar-refractivity contribution in [1.82, 2.24) is 4.90 Å². The maximum Gasteiger partial charge on any atom is 0.118 e. The topological polar surface area (TPSA) is 51.6 Å². The summed E-state index contributed by atoms with van der Waals surface area (Å²) in [7, 11) is 2.09. The number of aryl methyl sites for hydroxylation is 1. The fourth-order valence-electron chi connectivity index (χ4n) is 3.15. The summed E-state index contributed by atoms with van der Waals surface area (Å²) in [6.07, 6.45) is 1.20. The summed E-state index contributed by atoms with van der Waals surface area (Å²) >= 11 is 0. The summed E-state index contributed by atoms with van der Waals surface area (Å²) < 4.78 is 11.4. The SMILES string of the molecule is CCOC1CC(N)(CN(C)Cc2ccc(C)o2)C1(C)C. The van der Waals surface area contributed by atoms with E-state index in [9.17, 15) is 0 Å². The second-order valence-corrected chi connectivity index (χ2v) is 6.71. The number of hydrogen-bond donors (Lipinski definition) is 1. The second kappa shape index (κ2) is 5.51. The molecule has 4 nitrogen and oxygen atoms in total. The van der Waals surface area contributed by atoms with Gasteiger partial charge in [0.1, 0.15) is 11.5 Å². The van der Waals surface area contributed by atoms with Crippen LogP contribution in [0.5, 0.6) is 0 Å². The van der Waals surface area contributed by atoms with E-state index in [1.807, 2.05) is 26.0 Å². The van der Waals surface area contributed by atoms with E-state index in [0.717, 1.165) is 37.6 Å². The van der Waals surface area contributed by atoms with Crippen LogP contribution in [0.4, 0.5) is 0 Å². The molecule has 0 bridgehead atoms. The molecule has 1 aromatic rings. The minimum atomic E-state index is -0.191. The summed E-state index contributed by atoms with van der Waals surface area (Å²) in [5, 5.41) is 0. The van der Waals surface area contributed by atoms with Crippen molar-refractivity contribution in [2.45, 2.75) is 52.3 Å². The number of hydrogen-bond acceptors (Lipinski definition) is 4. The minimum Gasteiger partial charge on any atom is -0.465 e. The highest BCUT2D eigenvalue weighted by atomic mass is 16.5. The molecule has 0 amide bonds. The van der Waals surface area contributed by atoms with E-state index >= 15 is 0 Å². The zero-order valence-corrected chi connectivity index (χ0v) is 13.4. The number of likely N-dealkylation sites (N-methyl/N-ethyl adjacent to an activating group) is 1.